The maximum Gasteiger partial charge on any atom is 0.261 e. The van der Waals surface area contributed by atoms with Gasteiger partial charge in [0.25, 0.3) is 10.0 Å². The average Bonchev–Trinajstić information content (AvgIpc) is 2.75. The number of sulfonamides is 1. The SMILES string of the molecule is CCN(C)C(C(=O)Nc1cccc(NS(=O)(=O)c2ccccc2)c1)c1ccccc1. The molecular weight excluding hydrogens is 398 g/mol. The van der Waals surface area contributed by atoms with Gasteiger partial charge in [0, 0.05) is 5.69 Å². The zero-order valence-electron chi connectivity index (χ0n) is 16.9. The molecule has 6 nitrogen and oxygen atoms in total. The second-order valence-corrected chi connectivity index (χ2v) is 8.56. The molecular formula is C23H25N3O3S. The Morgan fingerprint density at radius 2 is 1.50 bits per heavy atom. The van der Waals surface area contributed by atoms with Crippen LogP contribution in [0, 0.1) is 0 Å². The third-order valence-electron chi connectivity index (χ3n) is 4.74. The van der Waals surface area contributed by atoms with Crippen molar-refractivity contribution in [1.82, 2.24) is 4.90 Å². The van der Waals surface area contributed by atoms with Crippen LogP contribution in [-0.2, 0) is 14.8 Å². The molecule has 0 saturated carbocycles. The molecule has 0 aromatic heterocycles. The Morgan fingerprint density at radius 1 is 0.900 bits per heavy atom. The largest absolute Gasteiger partial charge is 0.324 e. The second kappa shape index (κ2) is 9.56. The van der Waals surface area contributed by atoms with Gasteiger partial charge in [0.05, 0.1) is 10.6 Å². The topological polar surface area (TPSA) is 78.5 Å². The Bertz CT molecular complexity index is 1090. The van der Waals surface area contributed by atoms with Crippen molar-refractivity contribution in [2.75, 3.05) is 23.6 Å². The number of amides is 1. The standard InChI is InChI=1S/C23H25N3O3S/c1-3-26(2)22(18-11-6-4-7-12-18)23(27)24-19-13-10-14-20(17-19)25-30(28,29)21-15-8-5-9-16-21/h4-17,22,25H,3H2,1-2H3,(H,24,27). The summed E-state index contributed by atoms with van der Waals surface area (Å²) < 4.78 is 27.7. The van der Waals surface area contributed by atoms with Crippen molar-refractivity contribution in [3.63, 3.8) is 0 Å². The molecule has 0 aliphatic rings. The Morgan fingerprint density at radius 3 is 2.13 bits per heavy atom. The van der Waals surface area contributed by atoms with Crippen molar-refractivity contribution in [3.05, 3.63) is 90.5 Å². The van der Waals surface area contributed by atoms with Crippen LogP contribution in [0.5, 0.6) is 0 Å². The van der Waals surface area contributed by atoms with Crippen LogP contribution in [0.3, 0.4) is 0 Å². The van der Waals surface area contributed by atoms with Gasteiger partial charge in [-0.1, -0.05) is 61.5 Å². The van der Waals surface area contributed by atoms with Gasteiger partial charge < -0.3 is 5.32 Å². The van der Waals surface area contributed by atoms with Gasteiger partial charge in [0.2, 0.25) is 5.91 Å². The van der Waals surface area contributed by atoms with Crippen LogP contribution in [-0.4, -0.2) is 32.8 Å². The first kappa shape index (κ1) is 21.5. The lowest BCUT2D eigenvalue weighted by atomic mass is 10.0. The van der Waals surface area contributed by atoms with Gasteiger partial charge >= 0.3 is 0 Å². The minimum absolute atomic E-state index is 0.174. The van der Waals surface area contributed by atoms with Crippen molar-refractivity contribution in [2.45, 2.75) is 17.9 Å². The molecule has 7 heteroatoms. The lowest BCUT2D eigenvalue weighted by Gasteiger charge is -2.26. The summed E-state index contributed by atoms with van der Waals surface area (Å²) in [5, 5.41) is 2.91. The number of carbonyl (C=O) groups is 1. The van der Waals surface area contributed by atoms with E-state index in [1.54, 1.807) is 42.5 Å². The lowest BCUT2D eigenvalue weighted by molar-refractivity contribution is -0.121. The maximum absolute atomic E-state index is 13.0. The van der Waals surface area contributed by atoms with E-state index in [1.807, 2.05) is 49.2 Å². The van der Waals surface area contributed by atoms with Gasteiger partial charge in [-0.15, -0.1) is 0 Å². The molecule has 3 rings (SSSR count). The Hall–Kier alpha value is -3.16. The third-order valence-corrected chi connectivity index (χ3v) is 6.14. The van der Waals surface area contributed by atoms with Crippen molar-refractivity contribution in [2.24, 2.45) is 0 Å². The molecule has 0 radical (unpaired) electrons. The zero-order chi connectivity index (χ0) is 21.6. The van der Waals surface area contributed by atoms with E-state index in [0.29, 0.717) is 17.9 Å². The molecule has 156 valence electrons. The van der Waals surface area contributed by atoms with Crippen molar-refractivity contribution >= 4 is 27.3 Å². The molecule has 30 heavy (non-hydrogen) atoms. The number of rotatable bonds is 8. The summed E-state index contributed by atoms with van der Waals surface area (Å²) in [5.41, 5.74) is 1.77. The molecule has 3 aromatic rings. The first-order valence-electron chi connectivity index (χ1n) is 9.64. The fourth-order valence-corrected chi connectivity index (χ4v) is 4.18. The first-order valence-corrected chi connectivity index (χ1v) is 11.1. The van der Waals surface area contributed by atoms with Crippen molar-refractivity contribution < 1.29 is 13.2 Å². The number of hydrogen-bond acceptors (Lipinski definition) is 4. The van der Waals surface area contributed by atoms with E-state index in [1.165, 1.54) is 12.1 Å². The first-order chi connectivity index (χ1) is 14.4. The van der Waals surface area contributed by atoms with Crippen LogP contribution in [0.2, 0.25) is 0 Å². The molecule has 2 N–H and O–H groups in total. The predicted octanol–water partition coefficient (Wildman–Crippen LogP) is 4.12. The molecule has 3 aromatic carbocycles. The number of likely N-dealkylation sites (N-methyl/N-ethyl adjacent to an activating group) is 1. The van der Waals surface area contributed by atoms with Gasteiger partial charge in [-0.3, -0.25) is 14.4 Å². The van der Waals surface area contributed by atoms with Gasteiger partial charge in [0.15, 0.2) is 0 Å². The van der Waals surface area contributed by atoms with Crippen LogP contribution in [0.4, 0.5) is 11.4 Å². The molecule has 0 fully saturated rings. The molecule has 1 unspecified atom stereocenters. The summed E-state index contributed by atoms with van der Waals surface area (Å²) in [4.78, 5) is 15.2. The van der Waals surface area contributed by atoms with Crippen molar-refractivity contribution in [3.8, 4) is 0 Å². The van der Waals surface area contributed by atoms with Crippen molar-refractivity contribution in [1.29, 1.82) is 0 Å². The van der Waals surface area contributed by atoms with Gasteiger partial charge in [0.1, 0.15) is 6.04 Å². The normalized spacial score (nSPS) is 12.4. The van der Waals surface area contributed by atoms with Crippen LogP contribution < -0.4 is 10.0 Å². The maximum atomic E-state index is 13.0. The van der Waals surface area contributed by atoms with Crippen LogP contribution in [0.25, 0.3) is 0 Å². The average molecular weight is 424 g/mol. The van der Waals surface area contributed by atoms with Crippen LogP contribution in [0.1, 0.15) is 18.5 Å². The molecule has 0 spiro atoms. The lowest BCUT2D eigenvalue weighted by Crippen LogP contribution is -2.34. The number of nitrogens with zero attached hydrogens (tertiary/aromatic N) is 1. The highest BCUT2D eigenvalue weighted by Crippen LogP contribution is 2.24. The van der Waals surface area contributed by atoms with Crippen LogP contribution in [0.15, 0.2) is 89.8 Å². The number of benzene rings is 3. The Balaban J connectivity index is 1.79. The molecule has 0 aliphatic carbocycles. The smallest absolute Gasteiger partial charge is 0.261 e. The highest BCUT2D eigenvalue weighted by Gasteiger charge is 2.24. The quantitative estimate of drug-likeness (QED) is 0.571. The Kier molecular flexibility index (Phi) is 6.87. The summed E-state index contributed by atoms with van der Waals surface area (Å²) in [6.07, 6.45) is 0. The number of nitrogens with one attached hydrogen (secondary N) is 2. The fraction of sp³-hybridized carbons (Fsp3) is 0.174. The molecule has 0 bridgehead atoms. The minimum atomic E-state index is -3.71. The predicted molar refractivity (Wildman–Crippen MR) is 120 cm³/mol. The third kappa shape index (κ3) is 5.25. The number of carbonyl (C=O) groups excluding carboxylic acids is 1. The number of hydrogen-bond donors (Lipinski definition) is 2. The van der Waals surface area contributed by atoms with E-state index >= 15 is 0 Å². The molecule has 1 atom stereocenters. The number of anilines is 2. The van der Waals surface area contributed by atoms with Gasteiger partial charge in [-0.05, 0) is 49.5 Å². The summed E-state index contributed by atoms with van der Waals surface area (Å²) in [6.45, 7) is 2.69. The van der Waals surface area contributed by atoms with E-state index in [0.717, 1.165) is 5.56 Å². The zero-order valence-corrected chi connectivity index (χ0v) is 17.8. The van der Waals surface area contributed by atoms with Gasteiger partial charge in [-0.2, -0.15) is 0 Å². The highest BCUT2D eigenvalue weighted by molar-refractivity contribution is 7.92. The summed E-state index contributed by atoms with van der Waals surface area (Å²) in [7, 11) is -1.82. The summed E-state index contributed by atoms with van der Waals surface area (Å²) in [6, 6.07) is 23.9. The van der Waals surface area contributed by atoms with E-state index < -0.39 is 16.1 Å². The summed E-state index contributed by atoms with van der Waals surface area (Å²) >= 11 is 0. The minimum Gasteiger partial charge on any atom is -0.324 e. The van der Waals surface area contributed by atoms with E-state index in [-0.39, 0.29) is 10.8 Å². The molecule has 0 saturated heterocycles. The van der Waals surface area contributed by atoms with Gasteiger partial charge in [-0.25, -0.2) is 8.42 Å². The van der Waals surface area contributed by atoms with E-state index in [2.05, 4.69) is 10.0 Å². The van der Waals surface area contributed by atoms with Crippen LogP contribution >= 0.6 is 0 Å². The van der Waals surface area contributed by atoms with E-state index in [4.69, 9.17) is 0 Å². The fourth-order valence-electron chi connectivity index (χ4n) is 3.11. The molecule has 0 heterocycles. The molecule has 0 aliphatic heterocycles. The monoisotopic (exact) mass is 423 g/mol. The Labute approximate surface area is 177 Å². The van der Waals surface area contributed by atoms with E-state index in [9.17, 15) is 13.2 Å². The summed E-state index contributed by atoms with van der Waals surface area (Å²) in [5.74, 6) is -0.186. The second-order valence-electron chi connectivity index (χ2n) is 6.88. The molecule has 1 amide bonds. The highest BCUT2D eigenvalue weighted by atomic mass is 32.2.